The van der Waals surface area contributed by atoms with E-state index in [-0.39, 0.29) is 5.75 Å². The number of thiocarbonyl (C=S) groups is 1. The van der Waals surface area contributed by atoms with Crippen molar-refractivity contribution < 1.29 is 14.6 Å². The maximum Gasteiger partial charge on any atom is 0.171 e. The lowest BCUT2D eigenvalue weighted by Gasteiger charge is -2.29. The van der Waals surface area contributed by atoms with Crippen LogP contribution in [-0.4, -0.2) is 48.4 Å². The normalized spacial score (nSPS) is 15.6. The molecule has 0 unspecified atom stereocenters. The highest BCUT2D eigenvalue weighted by Crippen LogP contribution is 2.33. The van der Waals surface area contributed by atoms with Crippen LogP contribution in [0.15, 0.2) is 12.1 Å². The SMILES string of the molecule is COc1cc(C(=S)N2CCOCC2)cc(I)c1O. The van der Waals surface area contributed by atoms with Gasteiger partial charge in [0.1, 0.15) is 4.99 Å². The van der Waals surface area contributed by atoms with Crippen molar-refractivity contribution >= 4 is 39.8 Å². The molecule has 1 N–H and O–H groups in total. The first kappa shape index (κ1) is 13.8. The summed E-state index contributed by atoms with van der Waals surface area (Å²) in [5.41, 5.74) is 0.894. The Balaban J connectivity index is 2.27. The van der Waals surface area contributed by atoms with Crippen molar-refractivity contribution in [1.82, 2.24) is 4.90 Å². The zero-order chi connectivity index (χ0) is 13.1. The van der Waals surface area contributed by atoms with E-state index in [0.29, 0.717) is 19.0 Å². The van der Waals surface area contributed by atoms with Crippen molar-refractivity contribution in [2.75, 3.05) is 33.4 Å². The number of ether oxygens (including phenoxy) is 2. The summed E-state index contributed by atoms with van der Waals surface area (Å²) in [6.07, 6.45) is 0. The number of methoxy groups -OCH3 is 1. The van der Waals surface area contributed by atoms with Gasteiger partial charge in [-0.3, -0.25) is 0 Å². The fourth-order valence-electron chi connectivity index (χ4n) is 1.80. The zero-order valence-electron chi connectivity index (χ0n) is 9.98. The van der Waals surface area contributed by atoms with E-state index in [1.54, 1.807) is 6.07 Å². The molecule has 0 spiro atoms. The second-order valence-corrected chi connectivity index (χ2v) is 5.46. The minimum absolute atomic E-state index is 0.159. The Labute approximate surface area is 125 Å². The zero-order valence-corrected chi connectivity index (χ0v) is 13.0. The highest BCUT2D eigenvalue weighted by Gasteiger charge is 2.18. The summed E-state index contributed by atoms with van der Waals surface area (Å²) >= 11 is 7.55. The van der Waals surface area contributed by atoms with Gasteiger partial charge in [-0.2, -0.15) is 0 Å². The molecule has 1 aliphatic heterocycles. The molecule has 0 radical (unpaired) electrons. The Morgan fingerprint density at radius 3 is 2.72 bits per heavy atom. The molecule has 98 valence electrons. The Kier molecular flexibility index (Phi) is 4.63. The van der Waals surface area contributed by atoms with Gasteiger partial charge in [-0.05, 0) is 34.7 Å². The minimum Gasteiger partial charge on any atom is -0.504 e. The topological polar surface area (TPSA) is 41.9 Å². The van der Waals surface area contributed by atoms with Gasteiger partial charge >= 0.3 is 0 Å². The van der Waals surface area contributed by atoms with Gasteiger partial charge in [-0.25, -0.2) is 0 Å². The van der Waals surface area contributed by atoms with Gasteiger partial charge in [0.05, 0.1) is 23.9 Å². The van der Waals surface area contributed by atoms with Gasteiger partial charge in [0.2, 0.25) is 0 Å². The lowest BCUT2D eigenvalue weighted by atomic mass is 10.2. The molecule has 4 nitrogen and oxygen atoms in total. The van der Waals surface area contributed by atoms with Crippen LogP contribution >= 0.6 is 34.8 Å². The van der Waals surface area contributed by atoms with E-state index < -0.39 is 0 Å². The van der Waals surface area contributed by atoms with Crippen LogP contribution in [0.2, 0.25) is 0 Å². The van der Waals surface area contributed by atoms with E-state index in [1.165, 1.54) is 7.11 Å². The smallest absolute Gasteiger partial charge is 0.171 e. The molecule has 6 heteroatoms. The molecule has 0 atom stereocenters. The Hall–Kier alpha value is -0.600. The van der Waals surface area contributed by atoms with Crippen molar-refractivity contribution in [2.45, 2.75) is 0 Å². The van der Waals surface area contributed by atoms with Gasteiger partial charge in [0.25, 0.3) is 0 Å². The first-order valence-electron chi connectivity index (χ1n) is 5.57. The van der Waals surface area contributed by atoms with E-state index in [9.17, 15) is 5.11 Å². The highest BCUT2D eigenvalue weighted by atomic mass is 127. The first-order chi connectivity index (χ1) is 8.63. The van der Waals surface area contributed by atoms with E-state index in [4.69, 9.17) is 21.7 Å². The third-order valence-electron chi connectivity index (χ3n) is 2.79. The summed E-state index contributed by atoms with van der Waals surface area (Å²) in [4.78, 5) is 2.88. The largest absolute Gasteiger partial charge is 0.504 e. The molecule has 1 aliphatic rings. The lowest BCUT2D eigenvalue weighted by molar-refractivity contribution is 0.0693. The van der Waals surface area contributed by atoms with E-state index in [1.807, 2.05) is 6.07 Å². The van der Waals surface area contributed by atoms with Crippen molar-refractivity contribution in [1.29, 1.82) is 0 Å². The number of phenols is 1. The minimum atomic E-state index is 0.159. The van der Waals surface area contributed by atoms with Crippen molar-refractivity contribution in [3.05, 3.63) is 21.3 Å². The number of aromatic hydroxyl groups is 1. The van der Waals surface area contributed by atoms with Crippen LogP contribution in [-0.2, 0) is 4.74 Å². The summed E-state index contributed by atoms with van der Waals surface area (Å²) in [5, 5.41) is 9.80. The maximum absolute atomic E-state index is 9.80. The average molecular weight is 379 g/mol. The molecule has 0 bridgehead atoms. The average Bonchev–Trinajstić information content (AvgIpc) is 2.42. The number of phenolic OH excluding ortho intramolecular Hbond substituents is 1. The molecule has 2 rings (SSSR count). The van der Waals surface area contributed by atoms with Crippen LogP contribution in [0.3, 0.4) is 0 Å². The third kappa shape index (κ3) is 2.86. The molecule has 0 saturated carbocycles. The molecule has 1 fully saturated rings. The quantitative estimate of drug-likeness (QED) is 0.629. The van der Waals surface area contributed by atoms with Gasteiger partial charge < -0.3 is 19.5 Å². The predicted octanol–water partition coefficient (Wildman–Crippen LogP) is 2.01. The highest BCUT2D eigenvalue weighted by molar-refractivity contribution is 14.1. The second-order valence-electron chi connectivity index (χ2n) is 3.91. The molecule has 1 aromatic rings. The number of benzene rings is 1. The van der Waals surface area contributed by atoms with Crippen LogP contribution in [0, 0.1) is 3.57 Å². The number of hydrogen-bond acceptors (Lipinski definition) is 4. The van der Waals surface area contributed by atoms with Gasteiger partial charge in [-0.1, -0.05) is 12.2 Å². The monoisotopic (exact) mass is 379 g/mol. The molecule has 0 aromatic heterocycles. The molecule has 1 heterocycles. The van der Waals surface area contributed by atoms with Crippen molar-refractivity contribution in [2.24, 2.45) is 0 Å². The molecule has 0 amide bonds. The number of nitrogens with zero attached hydrogens (tertiary/aromatic N) is 1. The van der Waals surface area contributed by atoms with Crippen molar-refractivity contribution in [3.8, 4) is 11.5 Å². The Morgan fingerprint density at radius 2 is 2.11 bits per heavy atom. The van der Waals surface area contributed by atoms with Gasteiger partial charge in [-0.15, -0.1) is 0 Å². The standard InChI is InChI=1S/C12H14INO3S/c1-16-10-7-8(6-9(13)11(10)15)12(18)14-2-4-17-5-3-14/h6-7,15H,2-5H2,1H3. The van der Waals surface area contributed by atoms with E-state index in [2.05, 4.69) is 27.5 Å². The van der Waals surface area contributed by atoms with Crippen LogP contribution < -0.4 is 4.74 Å². The van der Waals surface area contributed by atoms with Crippen LogP contribution in [0.25, 0.3) is 0 Å². The Morgan fingerprint density at radius 1 is 1.44 bits per heavy atom. The summed E-state index contributed by atoms with van der Waals surface area (Å²) in [6.45, 7) is 3.01. The van der Waals surface area contributed by atoms with Gasteiger partial charge in [0, 0.05) is 18.7 Å². The summed E-state index contributed by atoms with van der Waals surface area (Å²) in [7, 11) is 1.53. The molecular formula is C12H14INO3S. The first-order valence-corrected chi connectivity index (χ1v) is 7.05. The van der Waals surface area contributed by atoms with E-state index in [0.717, 1.165) is 27.2 Å². The summed E-state index contributed by atoms with van der Waals surface area (Å²) < 4.78 is 11.2. The van der Waals surface area contributed by atoms with Crippen LogP contribution in [0.1, 0.15) is 5.56 Å². The fraction of sp³-hybridized carbons (Fsp3) is 0.417. The molecule has 1 aromatic carbocycles. The second kappa shape index (κ2) is 6.03. The van der Waals surface area contributed by atoms with Crippen molar-refractivity contribution in [3.63, 3.8) is 0 Å². The van der Waals surface area contributed by atoms with Gasteiger partial charge in [0.15, 0.2) is 11.5 Å². The number of halogens is 1. The molecule has 18 heavy (non-hydrogen) atoms. The molecule has 1 saturated heterocycles. The summed E-state index contributed by atoms with van der Waals surface area (Å²) in [5.74, 6) is 0.610. The number of rotatable bonds is 2. The molecular weight excluding hydrogens is 365 g/mol. The lowest BCUT2D eigenvalue weighted by Crippen LogP contribution is -2.40. The number of hydrogen-bond donors (Lipinski definition) is 1. The Bertz CT molecular complexity index is 461. The third-order valence-corrected chi connectivity index (χ3v) is 4.11. The predicted molar refractivity (Wildman–Crippen MR) is 81.5 cm³/mol. The summed E-state index contributed by atoms with van der Waals surface area (Å²) in [6, 6.07) is 3.64. The van der Waals surface area contributed by atoms with Crippen LogP contribution in [0.5, 0.6) is 11.5 Å². The van der Waals surface area contributed by atoms with E-state index >= 15 is 0 Å². The number of morpholine rings is 1. The van der Waals surface area contributed by atoms with Crippen LogP contribution in [0.4, 0.5) is 0 Å². The fourth-order valence-corrected chi connectivity index (χ4v) is 2.70. The maximum atomic E-state index is 9.80. The molecule has 0 aliphatic carbocycles.